The Morgan fingerprint density at radius 2 is 1.90 bits per heavy atom. The fourth-order valence-corrected chi connectivity index (χ4v) is 3.49. The van der Waals surface area contributed by atoms with Crippen molar-refractivity contribution in [1.29, 1.82) is 0 Å². The Bertz CT molecular complexity index is 1140. The standard InChI is InChI=1S/C21H23Cl2N5O2/c1-11(2)17-9-14(19-12(3)26-28(5)20(19)25-17)21(30)27(4)10-18(29)24-13-6-7-15(22)16(23)8-13/h6-9,11H,10H2,1-5H3,(H,24,29). The average molecular weight is 448 g/mol. The molecule has 0 aliphatic heterocycles. The van der Waals surface area contributed by atoms with Crippen molar-refractivity contribution in [1.82, 2.24) is 19.7 Å². The molecule has 0 fully saturated rings. The van der Waals surface area contributed by atoms with Crippen LogP contribution < -0.4 is 5.32 Å². The van der Waals surface area contributed by atoms with Gasteiger partial charge in [-0.1, -0.05) is 37.0 Å². The number of pyridine rings is 1. The predicted molar refractivity (Wildman–Crippen MR) is 119 cm³/mol. The smallest absolute Gasteiger partial charge is 0.254 e. The van der Waals surface area contributed by atoms with Crippen molar-refractivity contribution >= 4 is 51.7 Å². The van der Waals surface area contributed by atoms with E-state index in [2.05, 4.69) is 15.4 Å². The maximum Gasteiger partial charge on any atom is 0.254 e. The fourth-order valence-electron chi connectivity index (χ4n) is 3.20. The maximum atomic E-state index is 13.2. The number of fused-ring (bicyclic) bond motifs is 1. The number of aryl methyl sites for hydroxylation is 2. The average Bonchev–Trinajstić information content (AvgIpc) is 2.97. The van der Waals surface area contributed by atoms with Crippen molar-refractivity contribution in [3.05, 3.63) is 51.3 Å². The molecule has 3 aromatic rings. The number of benzene rings is 1. The number of hydrogen-bond donors (Lipinski definition) is 1. The summed E-state index contributed by atoms with van der Waals surface area (Å²) in [6.45, 7) is 5.74. The van der Waals surface area contributed by atoms with E-state index in [0.29, 0.717) is 38.0 Å². The Morgan fingerprint density at radius 1 is 1.20 bits per heavy atom. The first-order valence-corrected chi connectivity index (χ1v) is 10.2. The highest BCUT2D eigenvalue weighted by molar-refractivity contribution is 6.42. The van der Waals surface area contributed by atoms with Crippen LogP contribution in [0.4, 0.5) is 5.69 Å². The second-order valence-electron chi connectivity index (χ2n) is 7.50. The number of amides is 2. The highest BCUT2D eigenvalue weighted by Gasteiger charge is 2.23. The number of carbonyl (C=O) groups excluding carboxylic acids is 2. The fraction of sp³-hybridized carbons (Fsp3) is 0.333. The molecule has 0 bridgehead atoms. The van der Waals surface area contributed by atoms with E-state index >= 15 is 0 Å². The van der Waals surface area contributed by atoms with Crippen LogP contribution in [0.5, 0.6) is 0 Å². The molecule has 1 N–H and O–H groups in total. The Balaban J connectivity index is 1.85. The lowest BCUT2D eigenvalue weighted by atomic mass is 10.0. The van der Waals surface area contributed by atoms with Crippen molar-refractivity contribution in [2.24, 2.45) is 7.05 Å². The lowest BCUT2D eigenvalue weighted by molar-refractivity contribution is -0.116. The minimum atomic E-state index is -0.346. The number of halogens is 2. The molecule has 3 rings (SSSR count). The van der Waals surface area contributed by atoms with Crippen molar-refractivity contribution in [3.63, 3.8) is 0 Å². The minimum absolute atomic E-state index is 0.126. The van der Waals surface area contributed by atoms with E-state index in [9.17, 15) is 9.59 Å². The zero-order valence-corrected chi connectivity index (χ0v) is 19.0. The summed E-state index contributed by atoms with van der Waals surface area (Å²) < 4.78 is 1.67. The number of nitrogens with one attached hydrogen (secondary N) is 1. The number of rotatable bonds is 5. The molecule has 1 aromatic carbocycles. The minimum Gasteiger partial charge on any atom is -0.332 e. The van der Waals surface area contributed by atoms with Gasteiger partial charge < -0.3 is 10.2 Å². The molecule has 0 unspecified atom stereocenters. The van der Waals surface area contributed by atoms with Crippen LogP contribution in [0.3, 0.4) is 0 Å². The lowest BCUT2D eigenvalue weighted by Crippen LogP contribution is -2.35. The molecule has 0 saturated heterocycles. The monoisotopic (exact) mass is 447 g/mol. The third-order valence-corrected chi connectivity index (χ3v) is 5.48. The van der Waals surface area contributed by atoms with Crippen molar-refractivity contribution < 1.29 is 9.59 Å². The number of nitrogens with zero attached hydrogens (tertiary/aromatic N) is 4. The summed E-state index contributed by atoms with van der Waals surface area (Å²) in [4.78, 5) is 31.7. The second-order valence-corrected chi connectivity index (χ2v) is 8.31. The van der Waals surface area contributed by atoms with Crippen LogP contribution in [-0.2, 0) is 11.8 Å². The summed E-state index contributed by atoms with van der Waals surface area (Å²) in [5.41, 5.74) is 3.15. The molecule has 2 aromatic heterocycles. The van der Waals surface area contributed by atoms with Crippen LogP contribution in [-0.4, -0.2) is 45.1 Å². The van der Waals surface area contributed by atoms with Gasteiger partial charge in [0, 0.05) is 25.5 Å². The first-order chi connectivity index (χ1) is 14.1. The topological polar surface area (TPSA) is 80.1 Å². The molecule has 0 aliphatic carbocycles. The van der Waals surface area contributed by atoms with Gasteiger partial charge in [-0.25, -0.2) is 4.98 Å². The molecule has 0 atom stereocenters. The van der Waals surface area contributed by atoms with Gasteiger partial charge in [-0.3, -0.25) is 14.3 Å². The molecular weight excluding hydrogens is 425 g/mol. The molecule has 9 heteroatoms. The summed E-state index contributed by atoms with van der Waals surface area (Å²) in [6.07, 6.45) is 0. The first-order valence-electron chi connectivity index (χ1n) is 9.43. The van der Waals surface area contributed by atoms with Crippen molar-refractivity contribution in [2.45, 2.75) is 26.7 Å². The van der Waals surface area contributed by atoms with Crippen LogP contribution in [0.25, 0.3) is 11.0 Å². The second kappa shape index (κ2) is 8.62. The van der Waals surface area contributed by atoms with Gasteiger partial charge in [0.1, 0.15) is 0 Å². The van der Waals surface area contributed by atoms with Crippen LogP contribution in [0.1, 0.15) is 41.5 Å². The molecule has 0 aliphatic rings. The van der Waals surface area contributed by atoms with Gasteiger partial charge in [-0.15, -0.1) is 0 Å². The quantitative estimate of drug-likeness (QED) is 0.627. The molecule has 0 spiro atoms. The van der Waals surface area contributed by atoms with E-state index in [1.807, 2.05) is 20.8 Å². The Kier molecular flexibility index (Phi) is 6.33. The predicted octanol–water partition coefficient (Wildman–Crippen LogP) is 4.42. The largest absolute Gasteiger partial charge is 0.332 e. The third-order valence-electron chi connectivity index (χ3n) is 4.74. The van der Waals surface area contributed by atoms with Crippen LogP contribution in [0, 0.1) is 6.92 Å². The summed E-state index contributed by atoms with van der Waals surface area (Å²) in [7, 11) is 3.39. The first kappa shape index (κ1) is 22.1. The Morgan fingerprint density at radius 3 is 2.53 bits per heavy atom. The summed E-state index contributed by atoms with van der Waals surface area (Å²) in [6, 6.07) is 6.59. The summed E-state index contributed by atoms with van der Waals surface area (Å²) in [5.74, 6) is -0.481. The van der Waals surface area contributed by atoms with E-state index in [1.165, 1.54) is 4.90 Å². The van der Waals surface area contributed by atoms with Gasteiger partial charge in [0.2, 0.25) is 5.91 Å². The number of aromatic nitrogens is 3. The van der Waals surface area contributed by atoms with Crippen LogP contribution in [0.15, 0.2) is 24.3 Å². The van der Waals surface area contributed by atoms with E-state index < -0.39 is 0 Å². The van der Waals surface area contributed by atoms with E-state index in [0.717, 1.165) is 5.69 Å². The van der Waals surface area contributed by atoms with Crippen LogP contribution >= 0.6 is 23.2 Å². The van der Waals surface area contributed by atoms with Gasteiger partial charge in [0.05, 0.1) is 33.2 Å². The van der Waals surface area contributed by atoms with Crippen LogP contribution in [0.2, 0.25) is 10.0 Å². The molecule has 7 nitrogen and oxygen atoms in total. The zero-order chi connectivity index (χ0) is 22.2. The van der Waals surface area contributed by atoms with Crippen molar-refractivity contribution in [2.75, 3.05) is 18.9 Å². The van der Waals surface area contributed by atoms with E-state index in [-0.39, 0.29) is 24.3 Å². The summed E-state index contributed by atoms with van der Waals surface area (Å²) in [5, 5.41) is 8.57. The molecule has 158 valence electrons. The normalized spacial score (nSPS) is 11.2. The molecule has 0 saturated carbocycles. The molecule has 2 heterocycles. The molecule has 30 heavy (non-hydrogen) atoms. The highest BCUT2D eigenvalue weighted by atomic mass is 35.5. The number of likely N-dealkylation sites (N-methyl/N-ethyl adjacent to an activating group) is 1. The number of carbonyl (C=O) groups is 2. The van der Waals surface area contributed by atoms with Gasteiger partial charge >= 0.3 is 0 Å². The van der Waals surface area contributed by atoms with Gasteiger partial charge in [0.25, 0.3) is 5.91 Å². The number of hydrogen-bond acceptors (Lipinski definition) is 4. The van der Waals surface area contributed by atoms with Crippen molar-refractivity contribution in [3.8, 4) is 0 Å². The highest BCUT2D eigenvalue weighted by Crippen LogP contribution is 2.26. The molecule has 2 amide bonds. The number of anilines is 1. The zero-order valence-electron chi connectivity index (χ0n) is 17.5. The van der Waals surface area contributed by atoms with E-state index in [4.69, 9.17) is 23.2 Å². The molecular formula is C21H23Cl2N5O2. The van der Waals surface area contributed by atoms with Gasteiger partial charge in [-0.2, -0.15) is 5.10 Å². The lowest BCUT2D eigenvalue weighted by Gasteiger charge is -2.18. The summed E-state index contributed by atoms with van der Waals surface area (Å²) >= 11 is 11.9. The molecule has 0 radical (unpaired) electrons. The maximum absolute atomic E-state index is 13.2. The van der Waals surface area contributed by atoms with Gasteiger partial charge in [-0.05, 0) is 37.1 Å². The third kappa shape index (κ3) is 4.42. The van der Waals surface area contributed by atoms with Gasteiger partial charge in [0.15, 0.2) is 5.65 Å². The SMILES string of the molecule is Cc1nn(C)c2nc(C(C)C)cc(C(=O)N(C)CC(=O)Nc3ccc(Cl)c(Cl)c3)c12. The Hall–Kier alpha value is -2.64. The Labute approximate surface area is 185 Å². The van der Waals surface area contributed by atoms with E-state index in [1.54, 1.807) is 43.0 Å².